The Morgan fingerprint density at radius 1 is 1.00 bits per heavy atom. The monoisotopic (exact) mass is 394 g/mol. The molecule has 0 saturated carbocycles. The summed E-state index contributed by atoms with van der Waals surface area (Å²) in [5.74, 6) is -0.294. The van der Waals surface area contributed by atoms with Gasteiger partial charge in [0, 0.05) is 29.2 Å². The lowest BCUT2D eigenvalue weighted by Gasteiger charge is -2.12. The Morgan fingerprint density at radius 3 is 2.36 bits per heavy atom. The fourth-order valence-corrected chi connectivity index (χ4v) is 3.35. The first-order valence-corrected chi connectivity index (χ1v) is 9.83. The number of pyridine rings is 1. The summed E-state index contributed by atoms with van der Waals surface area (Å²) in [6.07, 6.45) is 4.93. The molecule has 0 spiro atoms. The third-order valence-corrected chi connectivity index (χ3v) is 5.52. The highest BCUT2D eigenvalue weighted by molar-refractivity contribution is 7.15. The Balaban J connectivity index is 1.61. The van der Waals surface area contributed by atoms with E-state index in [1.54, 1.807) is 36.7 Å². The van der Waals surface area contributed by atoms with Gasteiger partial charge in [-0.2, -0.15) is 0 Å². The summed E-state index contributed by atoms with van der Waals surface area (Å²) in [5, 5.41) is 6.31. The van der Waals surface area contributed by atoms with Crippen LogP contribution < -0.4 is 10.6 Å². The highest BCUT2D eigenvalue weighted by Crippen LogP contribution is 2.26. The van der Waals surface area contributed by atoms with E-state index in [1.807, 2.05) is 19.1 Å². The Kier molecular flexibility index (Phi) is 6.16. The van der Waals surface area contributed by atoms with Gasteiger partial charge in [0.2, 0.25) is 5.91 Å². The maximum Gasteiger partial charge on any atom is 0.257 e. The highest BCUT2D eigenvalue weighted by Gasteiger charge is 2.17. The lowest BCUT2D eigenvalue weighted by atomic mass is 10.00. The van der Waals surface area contributed by atoms with Gasteiger partial charge in [-0.05, 0) is 42.7 Å². The molecule has 144 valence electrons. The van der Waals surface area contributed by atoms with Gasteiger partial charge in [-0.15, -0.1) is 11.3 Å². The molecule has 3 aromatic rings. The van der Waals surface area contributed by atoms with Crippen molar-refractivity contribution in [3.63, 3.8) is 0 Å². The van der Waals surface area contributed by atoms with Crippen LogP contribution in [0.2, 0.25) is 0 Å². The van der Waals surface area contributed by atoms with Gasteiger partial charge in [0.15, 0.2) is 5.13 Å². The van der Waals surface area contributed by atoms with Crippen LogP contribution in [0.15, 0.2) is 55.0 Å². The Bertz CT molecular complexity index is 952. The number of aromatic nitrogens is 2. The minimum atomic E-state index is -0.338. The molecule has 2 N–H and O–H groups in total. The average Bonchev–Trinajstić information content (AvgIpc) is 3.17. The Labute approximate surface area is 168 Å². The van der Waals surface area contributed by atoms with Crippen LogP contribution >= 0.6 is 11.3 Å². The first-order valence-electron chi connectivity index (χ1n) is 9.02. The van der Waals surface area contributed by atoms with E-state index in [0.29, 0.717) is 22.3 Å². The molecule has 1 unspecified atom stereocenters. The Morgan fingerprint density at radius 2 is 1.75 bits per heavy atom. The van der Waals surface area contributed by atoms with Gasteiger partial charge in [-0.25, -0.2) is 4.98 Å². The van der Waals surface area contributed by atoms with E-state index in [-0.39, 0.29) is 17.7 Å². The summed E-state index contributed by atoms with van der Waals surface area (Å²) in [6.45, 7) is 6.03. The molecule has 2 heterocycles. The molecule has 28 heavy (non-hydrogen) atoms. The molecule has 2 amide bonds. The zero-order chi connectivity index (χ0) is 20.1. The molecule has 0 fully saturated rings. The average molecular weight is 395 g/mol. The molecule has 1 atom stereocenters. The number of nitrogens with one attached hydrogen (secondary N) is 2. The number of carbonyl (C=O) groups is 2. The molecule has 6 nitrogen and oxygen atoms in total. The minimum Gasteiger partial charge on any atom is -0.322 e. The smallest absolute Gasteiger partial charge is 0.257 e. The number of thiazole rings is 1. The van der Waals surface area contributed by atoms with Crippen LogP contribution in [0.4, 0.5) is 10.8 Å². The van der Waals surface area contributed by atoms with Gasteiger partial charge in [0.25, 0.3) is 5.91 Å². The number of nitrogens with zero attached hydrogens (tertiary/aromatic N) is 2. The van der Waals surface area contributed by atoms with Crippen LogP contribution in [-0.2, 0) is 4.79 Å². The topological polar surface area (TPSA) is 84.0 Å². The van der Waals surface area contributed by atoms with Crippen molar-refractivity contribution < 1.29 is 9.59 Å². The van der Waals surface area contributed by atoms with E-state index in [2.05, 4.69) is 34.4 Å². The molecule has 2 aromatic heterocycles. The Hall–Kier alpha value is -3.06. The molecule has 0 saturated heterocycles. The fraction of sp³-hybridized carbons (Fsp3) is 0.238. The number of hydrogen-bond acceptors (Lipinski definition) is 5. The second-order valence-electron chi connectivity index (χ2n) is 6.75. The lowest BCUT2D eigenvalue weighted by Crippen LogP contribution is -2.18. The number of amides is 2. The summed E-state index contributed by atoms with van der Waals surface area (Å²) in [5.41, 5.74) is 2.01. The van der Waals surface area contributed by atoms with Gasteiger partial charge in [-0.3, -0.25) is 14.6 Å². The number of hydrogen-bond donors (Lipinski definition) is 2. The van der Waals surface area contributed by atoms with Crippen LogP contribution in [0.1, 0.15) is 53.4 Å². The van der Waals surface area contributed by atoms with Crippen molar-refractivity contribution in [2.45, 2.75) is 32.6 Å². The number of anilines is 2. The zero-order valence-electron chi connectivity index (χ0n) is 16.0. The quantitative estimate of drug-likeness (QED) is 0.637. The van der Waals surface area contributed by atoms with Crippen molar-refractivity contribution in [3.05, 3.63) is 71.0 Å². The lowest BCUT2D eigenvalue weighted by molar-refractivity contribution is -0.117. The third kappa shape index (κ3) is 4.80. The maximum atomic E-state index is 12.5. The van der Waals surface area contributed by atoms with Gasteiger partial charge in [0.1, 0.15) is 0 Å². The van der Waals surface area contributed by atoms with Gasteiger partial charge in [-0.1, -0.05) is 26.0 Å². The van der Waals surface area contributed by atoms with Crippen LogP contribution in [0.25, 0.3) is 0 Å². The summed E-state index contributed by atoms with van der Waals surface area (Å²) >= 11 is 1.49. The molecule has 0 radical (unpaired) electrons. The van der Waals surface area contributed by atoms with Crippen molar-refractivity contribution in [2.75, 3.05) is 10.6 Å². The van der Waals surface area contributed by atoms with E-state index in [4.69, 9.17) is 0 Å². The second-order valence-corrected chi connectivity index (χ2v) is 7.81. The van der Waals surface area contributed by atoms with Gasteiger partial charge in [0.05, 0.1) is 11.5 Å². The molecular formula is C21H22N4O2S. The van der Waals surface area contributed by atoms with Gasteiger partial charge < -0.3 is 10.6 Å². The standard InChI is InChI=1S/C21H22N4O2S/c1-13(2)18-12-23-21(28-18)25-19(26)14(3)15-6-8-17(9-7-15)24-20(27)16-5-4-10-22-11-16/h4-14H,1-3H3,(H,24,27)(H,23,25,26). The van der Waals surface area contributed by atoms with Gasteiger partial charge >= 0.3 is 0 Å². The SMILES string of the molecule is CC(C)c1cnc(NC(=O)C(C)c2ccc(NC(=O)c3cccnc3)cc2)s1. The van der Waals surface area contributed by atoms with Crippen molar-refractivity contribution in [2.24, 2.45) is 0 Å². The maximum absolute atomic E-state index is 12.5. The van der Waals surface area contributed by atoms with Crippen LogP contribution in [0.5, 0.6) is 0 Å². The summed E-state index contributed by atoms with van der Waals surface area (Å²) in [6, 6.07) is 10.7. The van der Waals surface area contributed by atoms with Crippen LogP contribution in [-0.4, -0.2) is 21.8 Å². The fourth-order valence-electron chi connectivity index (χ4n) is 2.53. The van der Waals surface area contributed by atoms with E-state index < -0.39 is 0 Å². The molecule has 1 aromatic carbocycles. The van der Waals surface area contributed by atoms with Crippen LogP contribution in [0, 0.1) is 0 Å². The van der Waals surface area contributed by atoms with E-state index >= 15 is 0 Å². The number of benzene rings is 1. The largest absolute Gasteiger partial charge is 0.322 e. The minimum absolute atomic E-state index is 0.114. The molecule has 0 aliphatic carbocycles. The summed E-state index contributed by atoms with van der Waals surface area (Å²) < 4.78 is 0. The normalized spacial score (nSPS) is 11.9. The van der Waals surface area contributed by atoms with Crippen LogP contribution in [0.3, 0.4) is 0 Å². The molecule has 7 heteroatoms. The predicted octanol–water partition coefficient (Wildman–Crippen LogP) is 4.66. The number of rotatable bonds is 6. The first-order chi connectivity index (χ1) is 13.4. The van der Waals surface area contributed by atoms with E-state index in [1.165, 1.54) is 17.5 Å². The molecule has 3 rings (SSSR count). The third-order valence-electron chi connectivity index (χ3n) is 4.31. The van der Waals surface area contributed by atoms with Crippen molar-refractivity contribution in [3.8, 4) is 0 Å². The highest BCUT2D eigenvalue weighted by atomic mass is 32.1. The number of carbonyl (C=O) groups excluding carboxylic acids is 2. The van der Waals surface area contributed by atoms with Crippen molar-refractivity contribution in [1.82, 2.24) is 9.97 Å². The second kappa shape index (κ2) is 8.75. The molecular weight excluding hydrogens is 372 g/mol. The molecule has 0 bridgehead atoms. The molecule has 0 aliphatic rings. The first kappa shape index (κ1) is 19.7. The van der Waals surface area contributed by atoms with Crippen molar-refractivity contribution >= 4 is 34.0 Å². The van der Waals surface area contributed by atoms with E-state index in [0.717, 1.165) is 10.4 Å². The molecule has 0 aliphatic heterocycles. The zero-order valence-corrected chi connectivity index (χ0v) is 16.8. The van der Waals surface area contributed by atoms with E-state index in [9.17, 15) is 9.59 Å². The predicted molar refractivity (Wildman–Crippen MR) is 112 cm³/mol. The summed E-state index contributed by atoms with van der Waals surface area (Å²) in [4.78, 5) is 34.0. The summed E-state index contributed by atoms with van der Waals surface area (Å²) in [7, 11) is 0. The van der Waals surface area contributed by atoms with Crippen molar-refractivity contribution in [1.29, 1.82) is 0 Å².